The molecule has 0 aliphatic carbocycles. The molecule has 1 amide bonds. The summed E-state index contributed by atoms with van der Waals surface area (Å²) in [6, 6.07) is 20.9. The second-order valence-corrected chi connectivity index (χ2v) is 7.45. The van der Waals surface area contributed by atoms with Crippen molar-refractivity contribution in [3.05, 3.63) is 80.9 Å². The Morgan fingerprint density at radius 2 is 1.88 bits per heavy atom. The highest BCUT2D eigenvalue weighted by molar-refractivity contribution is 14.1. The van der Waals surface area contributed by atoms with Crippen molar-refractivity contribution in [1.29, 1.82) is 0 Å². The molecule has 4 nitrogen and oxygen atoms in total. The van der Waals surface area contributed by atoms with Crippen LogP contribution in [0.1, 0.15) is 21.5 Å². The Balaban J connectivity index is 2.03. The average molecular weight is 455 g/mol. The smallest absolute Gasteiger partial charge is 0.249 e. The molecular formula is C21H16IN2O2. The maximum atomic E-state index is 11.9. The Morgan fingerprint density at radius 3 is 2.58 bits per heavy atom. The molecular weight excluding hydrogens is 439 g/mol. The summed E-state index contributed by atoms with van der Waals surface area (Å²) in [7, 11) is 0. The number of carbonyl (C=O) groups is 1. The van der Waals surface area contributed by atoms with Gasteiger partial charge in [-0.05, 0) is 76.2 Å². The maximum Gasteiger partial charge on any atom is 0.249 e. The molecule has 0 fully saturated rings. The maximum absolute atomic E-state index is 11.9. The topological polar surface area (TPSA) is 68.2 Å². The normalized spacial score (nSPS) is 11.3. The lowest BCUT2D eigenvalue weighted by molar-refractivity contribution is 0.100. The van der Waals surface area contributed by atoms with Gasteiger partial charge in [-0.25, -0.2) is 0 Å². The zero-order valence-corrected chi connectivity index (χ0v) is 16.0. The first-order valence-corrected chi connectivity index (χ1v) is 9.27. The Kier molecular flexibility index (Phi) is 4.42. The molecule has 0 spiro atoms. The van der Waals surface area contributed by atoms with Crippen LogP contribution in [0.5, 0.6) is 0 Å². The number of hydrogen-bond acceptors (Lipinski definition) is 2. The second kappa shape index (κ2) is 6.74. The van der Waals surface area contributed by atoms with Gasteiger partial charge in [-0.3, -0.25) is 4.79 Å². The van der Waals surface area contributed by atoms with Crippen molar-refractivity contribution in [2.24, 2.45) is 5.73 Å². The SMILES string of the molecule is NC(=O)c1cccc2c1c1[c]cc(CO)cc1n2Cc1ccc(I)cc1. The van der Waals surface area contributed by atoms with Crippen LogP contribution in [0.15, 0.2) is 54.6 Å². The number of primary amides is 1. The molecule has 129 valence electrons. The average Bonchev–Trinajstić information content (AvgIpc) is 2.96. The summed E-state index contributed by atoms with van der Waals surface area (Å²) >= 11 is 2.28. The number of carbonyl (C=O) groups excluding carboxylic acids is 1. The van der Waals surface area contributed by atoms with Crippen LogP contribution in [0.4, 0.5) is 0 Å². The van der Waals surface area contributed by atoms with Gasteiger partial charge in [-0.2, -0.15) is 0 Å². The molecule has 0 saturated heterocycles. The Morgan fingerprint density at radius 1 is 1.12 bits per heavy atom. The summed E-state index contributed by atoms with van der Waals surface area (Å²) in [5, 5.41) is 11.2. The monoisotopic (exact) mass is 455 g/mol. The van der Waals surface area contributed by atoms with Crippen LogP contribution in [0.3, 0.4) is 0 Å². The highest BCUT2D eigenvalue weighted by atomic mass is 127. The van der Waals surface area contributed by atoms with E-state index in [4.69, 9.17) is 5.73 Å². The number of benzene rings is 3. The van der Waals surface area contributed by atoms with E-state index < -0.39 is 5.91 Å². The summed E-state index contributed by atoms with van der Waals surface area (Å²) in [6.07, 6.45) is 0. The van der Waals surface area contributed by atoms with E-state index in [9.17, 15) is 9.90 Å². The number of nitrogens with zero attached hydrogens (tertiary/aromatic N) is 1. The zero-order chi connectivity index (χ0) is 18.3. The summed E-state index contributed by atoms with van der Waals surface area (Å²) in [5.74, 6) is -0.455. The first kappa shape index (κ1) is 17.1. The minimum atomic E-state index is -0.455. The summed E-state index contributed by atoms with van der Waals surface area (Å²) in [4.78, 5) is 11.9. The number of hydrogen-bond donors (Lipinski definition) is 2. The standard InChI is InChI=1S/C21H16IN2O2/c22-15-7-4-13(5-8-15)11-24-18-3-1-2-17(21(23)26)20(18)16-9-6-14(12-25)10-19(16)24/h1-8,10,25H,11-12H2,(H2,23,26). The van der Waals surface area contributed by atoms with Gasteiger partial charge in [0, 0.05) is 26.5 Å². The number of halogens is 1. The Labute approximate surface area is 164 Å². The number of fused-ring (bicyclic) bond motifs is 3. The van der Waals surface area contributed by atoms with Crippen LogP contribution in [-0.2, 0) is 13.2 Å². The molecule has 4 aromatic rings. The highest BCUT2D eigenvalue weighted by Crippen LogP contribution is 2.32. The zero-order valence-electron chi connectivity index (χ0n) is 13.9. The molecule has 0 unspecified atom stereocenters. The fourth-order valence-corrected chi connectivity index (χ4v) is 3.70. The van der Waals surface area contributed by atoms with Crippen LogP contribution < -0.4 is 5.73 Å². The minimum Gasteiger partial charge on any atom is -0.392 e. The number of aliphatic hydroxyl groups excluding tert-OH is 1. The third-order valence-corrected chi connectivity index (χ3v) is 5.28. The lowest BCUT2D eigenvalue weighted by Crippen LogP contribution is -2.11. The van der Waals surface area contributed by atoms with Gasteiger partial charge in [0.2, 0.25) is 5.91 Å². The summed E-state index contributed by atoms with van der Waals surface area (Å²) in [5.41, 5.74) is 9.89. The lowest BCUT2D eigenvalue weighted by Gasteiger charge is -2.09. The quantitative estimate of drug-likeness (QED) is 0.460. The molecule has 1 radical (unpaired) electrons. The van der Waals surface area contributed by atoms with Crippen LogP contribution in [-0.4, -0.2) is 15.6 Å². The molecule has 3 aromatic carbocycles. The molecule has 0 saturated carbocycles. The molecule has 3 N–H and O–H groups in total. The third kappa shape index (κ3) is 2.87. The predicted octanol–water partition coefficient (Wildman–Crippen LogP) is 3.84. The van der Waals surface area contributed by atoms with Crippen LogP contribution in [0.2, 0.25) is 0 Å². The molecule has 26 heavy (non-hydrogen) atoms. The fraction of sp³-hybridized carbons (Fsp3) is 0.0952. The van der Waals surface area contributed by atoms with Crippen molar-refractivity contribution in [2.75, 3.05) is 0 Å². The largest absolute Gasteiger partial charge is 0.392 e. The Hall–Kier alpha value is -2.38. The fourth-order valence-electron chi connectivity index (χ4n) is 3.34. The van der Waals surface area contributed by atoms with Crippen molar-refractivity contribution >= 4 is 50.3 Å². The molecule has 0 bridgehead atoms. The van der Waals surface area contributed by atoms with Crippen molar-refractivity contribution in [3.63, 3.8) is 0 Å². The van der Waals surface area contributed by atoms with Gasteiger partial charge in [0.25, 0.3) is 0 Å². The van der Waals surface area contributed by atoms with Crippen molar-refractivity contribution in [1.82, 2.24) is 4.57 Å². The highest BCUT2D eigenvalue weighted by Gasteiger charge is 2.17. The third-order valence-electron chi connectivity index (χ3n) is 4.56. The van der Waals surface area contributed by atoms with E-state index in [1.54, 1.807) is 12.1 Å². The molecule has 5 heteroatoms. The lowest BCUT2D eigenvalue weighted by atomic mass is 10.0. The second-order valence-electron chi connectivity index (χ2n) is 6.20. The van der Waals surface area contributed by atoms with Gasteiger partial charge in [0.15, 0.2) is 0 Å². The number of amides is 1. The van der Waals surface area contributed by atoms with E-state index in [0.29, 0.717) is 12.1 Å². The van der Waals surface area contributed by atoms with E-state index in [0.717, 1.165) is 32.9 Å². The van der Waals surface area contributed by atoms with Gasteiger partial charge in [0.05, 0.1) is 17.6 Å². The van der Waals surface area contributed by atoms with E-state index in [1.165, 1.54) is 3.57 Å². The summed E-state index contributed by atoms with van der Waals surface area (Å²) in [6.45, 7) is 0.599. The Bertz CT molecular complexity index is 1130. The number of rotatable bonds is 4. The van der Waals surface area contributed by atoms with Gasteiger partial charge in [-0.1, -0.05) is 18.2 Å². The number of nitrogens with two attached hydrogens (primary N) is 1. The predicted molar refractivity (Wildman–Crippen MR) is 111 cm³/mol. The molecule has 4 rings (SSSR count). The van der Waals surface area contributed by atoms with Gasteiger partial charge in [0.1, 0.15) is 0 Å². The van der Waals surface area contributed by atoms with Gasteiger partial charge in [-0.15, -0.1) is 0 Å². The van der Waals surface area contributed by atoms with Crippen LogP contribution in [0.25, 0.3) is 21.8 Å². The van der Waals surface area contributed by atoms with Gasteiger partial charge < -0.3 is 15.4 Å². The molecule has 0 atom stereocenters. The van der Waals surface area contributed by atoms with E-state index in [2.05, 4.69) is 57.5 Å². The first-order valence-electron chi connectivity index (χ1n) is 8.19. The summed E-state index contributed by atoms with van der Waals surface area (Å²) < 4.78 is 3.33. The number of aliphatic hydroxyl groups is 1. The van der Waals surface area contributed by atoms with Crippen LogP contribution in [0, 0.1) is 9.64 Å². The molecule has 1 heterocycles. The molecule has 1 aromatic heterocycles. The number of aromatic nitrogens is 1. The molecule has 0 aliphatic heterocycles. The first-order chi connectivity index (χ1) is 12.6. The van der Waals surface area contributed by atoms with E-state index >= 15 is 0 Å². The minimum absolute atomic E-state index is 0.0554. The van der Waals surface area contributed by atoms with Crippen molar-refractivity contribution in [2.45, 2.75) is 13.2 Å². The van der Waals surface area contributed by atoms with Gasteiger partial charge >= 0.3 is 0 Å². The molecule has 0 aliphatic rings. The van der Waals surface area contributed by atoms with E-state index in [-0.39, 0.29) is 6.61 Å². The van der Waals surface area contributed by atoms with Crippen molar-refractivity contribution in [3.8, 4) is 0 Å². The van der Waals surface area contributed by atoms with E-state index in [1.807, 2.05) is 18.2 Å². The van der Waals surface area contributed by atoms with Crippen LogP contribution >= 0.6 is 22.6 Å². The van der Waals surface area contributed by atoms with Crippen molar-refractivity contribution < 1.29 is 9.90 Å².